The molecule has 3 heteroatoms. The minimum absolute atomic E-state index is 0.0437. The van der Waals surface area contributed by atoms with E-state index in [1.54, 1.807) is 0 Å². The molecule has 0 spiro atoms. The van der Waals surface area contributed by atoms with E-state index in [0.717, 1.165) is 6.54 Å². The summed E-state index contributed by atoms with van der Waals surface area (Å²) in [5, 5.41) is 6.16. The molecule has 1 rings (SSSR count). The van der Waals surface area contributed by atoms with Crippen LogP contribution in [0.2, 0.25) is 0 Å². The predicted octanol–water partition coefficient (Wildman–Crippen LogP) is 1.39. The Morgan fingerprint density at radius 3 is 2.07 bits per heavy atom. The lowest BCUT2D eigenvalue weighted by Crippen LogP contribution is -2.37. The van der Waals surface area contributed by atoms with Gasteiger partial charge in [-0.15, -0.1) is 0 Å². The molecule has 1 fully saturated rings. The molecule has 1 saturated carbocycles. The molecule has 88 valence electrons. The van der Waals surface area contributed by atoms with Gasteiger partial charge in [-0.25, -0.2) is 0 Å². The van der Waals surface area contributed by atoms with Gasteiger partial charge in [0.25, 0.3) is 0 Å². The molecule has 0 heterocycles. The number of nitrogens with one attached hydrogen (secondary N) is 2. The second-order valence-corrected chi connectivity index (χ2v) is 5.84. The smallest absolute Gasteiger partial charge is 0.224 e. The lowest BCUT2D eigenvalue weighted by atomic mass is 10.0. The zero-order valence-corrected chi connectivity index (χ0v) is 10.8. The molecular weight excluding hydrogens is 188 g/mol. The van der Waals surface area contributed by atoms with Crippen molar-refractivity contribution in [1.82, 2.24) is 10.6 Å². The van der Waals surface area contributed by atoms with Gasteiger partial charge in [0.1, 0.15) is 0 Å². The SMILES string of the molecule is CNCC(C)C(=O)NC1C(C)(C)C1(C)C. The van der Waals surface area contributed by atoms with Gasteiger partial charge in [-0.3, -0.25) is 4.79 Å². The van der Waals surface area contributed by atoms with E-state index in [0.29, 0.717) is 6.04 Å². The average molecular weight is 212 g/mol. The molecule has 1 aliphatic rings. The summed E-state index contributed by atoms with van der Waals surface area (Å²) in [4.78, 5) is 11.8. The Morgan fingerprint density at radius 1 is 1.27 bits per heavy atom. The highest BCUT2D eigenvalue weighted by molar-refractivity contribution is 5.79. The molecule has 0 bridgehead atoms. The van der Waals surface area contributed by atoms with E-state index in [2.05, 4.69) is 38.3 Å². The van der Waals surface area contributed by atoms with Crippen LogP contribution >= 0.6 is 0 Å². The molecule has 0 radical (unpaired) electrons. The molecule has 1 unspecified atom stereocenters. The van der Waals surface area contributed by atoms with Gasteiger partial charge in [0.05, 0.1) is 0 Å². The summed E-state index contributed by atoms with van der Waals surface area (Å²) in [6.07, 6.45) is 0. The van der Waals surface area contributed by atoms with Crippen LogP contribution in [-0.4, -0.2) is 25.5 Å². The predicted molar refractivity (Wildman–Crippen MR) is 62.6 cm³/mol. The van der Waals surface area contributed by atoms with Gasteiger partial charge in [-0.05, 0) is 17.9 Å². The topological polar surface area (TPSA) is 41.1 Å². The normalized spacial score (nSPS) is 24.7. The van der Waals surface area contributed by atoms with Gasteiger partial charge in [0.2, 0.25) is 5.91 Å². The third-order valence-corrected chi connectivity index (χ3v) is 4.27. The maximum Gasteiger partial charge on any atom is 0.224 e. The van der Waals surface area contributed by atoms with Crippen molar-refractivity contribution >= 4 is 5.91 Å². The summed E-state index contributed by atoms with van der Waals surface area (Å²) in [5.41, 5.74) is 0.448. The Hall–Kier alpha value is -0.570. The van der Waals surface area contributed by atoms with Gasteiger partial charge in [-0.2, -0.15) is 0 Å². The van der Waals surface area contributed by atoms with Crippen molar-refractivity contribution in [2.24, 2.45) is 16.7 Å². The summed E-state index contributed by atoms with van der Waals surface area (Å²) in [5.74, 6) is 0.204. The molecule has 1 aliphatic carbocycles. The minimum Gasteiger partial charge on any atom is -0.352 e. The number of amides is 1. The fraction of sp³-hybridized carbons (Fsp3) is 0.917. The second kappa shape index (κ2) is 3.78. The summed E-state index contributed by atoms with van der Waals surface area (Å²) in [6, 6.07) is 0.316. The Bertz CT molecular complexity index is 244. The first kappa shape index (κ1) is 12.5. The Balaban J connectivity index is 2.48. The second-order valence-electron chi connectivity index (χ2n) is 5.84. The summed E-state index contributed by atoms with van der Waals surface area (Å²) < 4.78 is 0. The van der Waals surface area contributed by atoms with Crippen LogP contribution < -0.4 is 10.6 Å². The lowest BCUT2D eigenvalue weighted by Gasteiger charge is -2.12. The molecule has 0 aromatic heterocycles. The van der Waals surface area contributed by atoms with Gasteiger partial charge in [0.15, 0.2) is 0 Å². The number of hydrogen-bond acceptors (Lipinski definition) is 2. The number of rotatable bonds is 4. The summed E-state index contributed by atoms with van der Waals surface area (Å²) in [7, 11) is 1.87. The van der Waals surface area contributed by atoms with Crippen LogP contribution in [0.5, 0.6) is 0 Å². The van der Waals surface area contributed by atoms with E-state index in [-0.39, 0.29) is 22.7 Å². The highest BCUT2D eigenvalue weighted by Crippen LogP contribution is 2.62. The maximum absolute atomic E-state index is 11.8. The van der Waals surface area contributed by atoms with E-state index >= 15 is 0 Å². The van der Waals surface area contributed by atoms with Crippen molar-refractivity contribution in [3.63, 3.8) is 0 Å². The Morgan fingerprint density at radius 2 is 1.73 bits per heavy atom. The van der Waals surface area contributed by atoms with Crippen molar-refractivity contribution in [3.05, 3.63) is 0 Å². The molecule has 0 aromatic rings. The van der Waals surface area contributed by atoms with Crippen LogP contribution in [0.4, 0.5) is 0 Å². The highest BCUT2D eigenvalue weighted by Gasteiger charge is 2.65. The van der Waals surface area contributed by atoms with Gasteiger partial charge in [0, 0.05) is 18.5 Å². The van der Waals surface area contributed by atoms with Crippen LogP contribution in [0.25, 0.3) is 0 Å². The van der Waals surface area contributed by atoms with E-state index in [4.69, 9.17) is 0 Å². The molecule has 1 atom stereocenters. The van der Waals surface area contributed by atoms with E-state index < -0.39 is 0 Å². The molecule has 0 saturated heterocycles. The largest absolute Gasteiger partial charge is 0.352 e. The molecule has 0 aliphatic heterocycles. The monoisotopic (exact) mass is 212 g/mol. The standard InChI is InChI=1S/C12H24N2O/c1-8(7-13-6)9(15)14-10-11(2,3)12(10,4)5/h8,10,13H,7H2,1-6H3,(H,14,15). The minimum atomic E-state index is 0.0437. The third-order valence-electron chi connectivity index (χ3n) is 4.27. The van der Waals surface area contributed by atoms with Crippen molar-refractivity contribution in [2.75, 3.05) is 13.6 Å². The van der Waals surface area contributed by atoms with Gasteiger partial charge in [-0.1, -0.05) is 34.6 Å². The van der Waals surface area contributed by atoms with Gasteiger partial charge >= 0.3 is 0 Å². The van der Waals surface area contributed by atoms with Crippen molar-refractivity contribution in [3.8, 4) is 0 Å². The Labute approximate surface area is 93.0 Å². The Kier molecular flexibility index (Phi) is 3.15. The van der Waals surface area contributed by atoms with Crippen molar-refractivity contribution in [2.45, 2.75) is 40.7 Å². The first-order chi connectivity index (χ1) is 6.75. The molecule has 1 amide bonds. The fourth-order valence-electron chi connectivity index (χ4n) is 2.24. The van der Waals surface area contributed by atoms with E-state index in [1.165, 1.54) is 0 Å². The fourth-order valence-corrected chi connectivity index (χ4v) is 2.24. The molecular formula is C12H24N2O. The number of hydrogen-bond donors (Lipinski definition) is 2. The molecule has 2 N–H and O–H groups in total. The van der Waals surface area contributed by atoms with E-state index in [9.17, 15) is 4.79 Å². The third kappa shape index (κ3) is 2.03. The summed E-state index contributed by atoms with van der Waals surface area (Å²) in [6.45, 7) is 11.5. The van der Waals surface area contributed by atoms with Gasteiger partial charge < -0.3 is 10.6 Å². The van der Waals surface area contributed by atoms with Crippen LogP contribution in [-0.2, 0) is 4.79 Å². The van der Waals surface area contributed by atoms with Crippen LogP contribution in [0, 0.1) is 16.7 Å². The number of carbonyl (C=O) groups is 1. The zero-order valence-electron chi connectivity index (χ0n) is 10.8. The molecule has 15 heavy (non-hydrogen) atoms. The zero-order chi connectivity index (χ0) is 11.9. The quantitative estimate of drug-likeness (QED) is 0.739. The molecule has 3 nitrogen and oxygen atoms in total. The summed E-state index contributed by atoms with van der Waals surface area (Å²) >= 11 is 0. The lowest BCUT2D eigenvalue weighted by molar-refractivity contribution is -0.124. The van der Waals surface area contributed by atoms with Crippen LogP contribution in [0.3, 0.4) is 0 Å². The van der Waals surface area contributed by atoms with Crippen molar-refractivity contribution < 1.29 is 4.79 Å². The number of carbonyl (C=O) groups excluding carboxylic acids is 1. The first-order valence-electron chi connectivity index (χ1n) is 5.70. The van der Waals surface area contributed by atoms with E-state index in [1.807, 2.05) is 14.0 Å². The van der Waals surface area contributed by atoms with Crippen LogP contribution in [0.1, 0.15) is 34.6 Å². The molecule has 0 aromatic carbocycles. The van der Waals surface area contributed by atoms with Crippen molar-refractivity contribution in [1.29, 1.82) is 0 Å². The maximum atomic E-state index is 11.8. The first-order valence-corrected chi connectivity index (χ1v) is 5.70. The average Bonchev–Trinajstić information content (AvgIpc) is 2.48. The highest BCUT2D eigenvalue weighted by atomic mass is 16.2. The van der Waals surface area contributed by atoms with Crippen LogP contribution in [0.15, 0.2) is 0 Å².